The van der Waals surface area contributed by atoms with Gasteiger partial charge in [0.15, 0.2) is 5.75 Å². The number of hydrogen-bond donors (Lipinski definition) is 2. The van der Waals surface area contributed by atoms with Crippen LogP contribution in [0.25, 0.3) is 0 Å². The van der Waals surface area contributed by atoms with E-state index in [4.69, 9.17) is 38.4 Å². The molecule has 0 spiro atoms. The molecule has 0 fully saturated rings. The second-order valence-electron chi connectivity index (χ2n) is 5.73. The number of anilines is 1. The van der Waals surface area contributed by atoms with Gasteiger partial charge in [-0.15, -0.1) is 0 Å². The van der Waals surface area contributed by atoms with Crippen molar-refractivity contribution >= 4 is 28.9 Å². The van der Waals surface area contributed by atoms with E-state index in [0.717, 1.165) is 30.4 Å². The molecule has 128 valence electrons. The van der Waals surface area contributed by atoms with E-state index in [2.05, 4.69) is 0 Å². The van der Waals surface area contributed by atoms with Crippen LogP contribution in [0.3, 0.4) is 0 Å². The maximum atomic E-state index is 10.3. The third-order valence-electron chi connectivity index (χ3n) is 4.11. The van der Waals surface area contributed by atoms with Crippen molar-refractivity contribution in [3.63, 3.8) is 0 Å². The molecule has 0 heterocycles. The number of nitrogens with two attached hydrogens (primary N) is 1. The summed E-state index contributed by atoms with van der Waals surface area (Å²) in [6.45, 7) is 2.53. The molecule has 0 saturated carbocycles. The summed E-state index contributed by atoms with van der Waals surface area (Å²) in [6.07, 6.45) is 2.51. The highest BCUT2D eigenvalue weighted by atomic mass is 35.5. The number of rotatable bonds is 4. The molecule has 0 radical (unpaired) electrons. The van der Waals surface area contributed by atoms with Crippen molar-refractivity contribution in [1.29, 1.82) is 0 Å². The van der Waals surface area contributed by atoms with E-state index in [1.165, 1.54) is 0 Å². The van der Waals surface area contributed by atoms with Crippen molar-refractivity contribution in [1.82, 2.24) is 0 Å². The fourth-order valence-electron chi connectivity index (χ4n) is 3.11. The Kier molecular flexibility index (Phi) is 5.09. The summed E-state index contributed by atoms with van der Waals surface area (Å²) in [5, 5.41) is 11.0. The van der Waals surface area contributed by atoms with Crippen LogP contribution in [-0.4, -0.2) is 11.7 Å². The second kappa shape index (κ2) is 7.09. The standard InChI is InChI=1S/C18H19Cl2NO3/c1-2-23-16-5-3-4-11-15(7-6-14(22)17(11)16)24-18-12(19)8-10(21)9-13(18)20/h6-9,16,22H,2-5,21H2,1H3/t16-/m0/s1. The largest absolute Gasteiger partial charge is 0.508 e. The highest BCUT2D eigenvalue weighted by Gasteiger charge is 2.27. The van der Waals surface area contributed by atoms with Crippen LogP contribution < -0.4 is 10.5 Å². The van der Waals surface area contributed by atoms with Crippen molar-refractivity contribution in [3.8, 4) is 17.2 Å². The molecule has 0 unspecified atom stereocenters. The zero-order chi connectivity index (χ0) is 17.3. The molecule has 0 aliphatic heterocycles. The van der Waals surface area contributed by atoms with Crippen molar-refractivity contribution in [2.24, 2.45) is 0 Å². The van der Waals surface area contributed by atoms with Crippen LogP contribution >= 0.6 is 23.2 Å². The normalized spacial score (nSPS) is 16.7. The molecular weight excluding hydrogens is 349 g/mol. The lowest BCUT2D eigenvalue weighted by atomic mass is 9.88. The maximum absolute atomic E-state index is 10.3. The highest BCUT2D eigenvalue weighted by Crippen LogP contribution is 2.45. The molecule has 1 atom stereocenters. The Morgan fingerprint density at radius 3 is 2.62 bits per heavy atom. The minimum absolute atomic E-state index is 0.125. The maximum Gasteiger partial charge on any atom is 0.164 e. The Labute approximate surface area is 151 Å². The molecule has 2 aromatic rings. The first-order valence-electron chi connectivity index (χ1n) is 7.90. The fraction of sp³-hybridized carbons (Fsp3) is 0.333. The zero-order valence-corrected chi connectivity index (χ0v) is 14.8. The van der Waals surface area contributed by atoms with E-state index < -0.39 is 0 Å². The first-order valence-corrected chi connectivity index (χ1v) is 8.65. The van der Waals surface area contributed by atoms with E-state index in [-0.39, 0.29) is 11.9 Å². The number of hydrogen-bond acceptors (Lipinski definition) is 4. The lowest BCUT2D eigenvalue weighted by Crippen LogP contribution is -2.14. The number of halogens is 2. The third-order valence-corrected chi connectivity index (χ3v) is 4.67. The minimum atomic E-state index is -0.125. The van der Waals surface area contributed by atoms with Gasteiger partial charge in [-0.3, -0.25) is 0 Å². The Morgan fingerprint density at radius 2 is 1.96 bits per heavy atom. The summed E-state index contributed by atoms with van der Waals surface area (Å²) in [5.41, 5.74) is 7.93. The molecular formula is C18H19Cl2NO3. The summed E-state index contributed by atoms with van der Waals surface area (Å²) >= 11 is 12.4. The molecule has 4 nitrogen and oxygen atoms in total. The minimum Gasteiger partial charge on any atom is -0.508 e. The molecule has 3 rings (SSSR count). The van der Waals surface area contributed by atoms with Crippen LogP contribution in [0.5, 0.6) is 17.2 Å². The van der Waals surface area contributed by atoms with Crippen molar-refractivity contribution < 1.29 is 14.6 Å². The van der Waals surface area contributed by atoms with Crippen LogP contribution in [-0.2, 0) is 11.2 Å². The van der Waals surface area contributed by atoms with Gasteiger partial charge in [0.05, 0.1) is 16.1 Å². The van der Waals surface area contributed by atoms with Gasteiger partial charge >= 0.3 is 0 Å². The van der Waals surface area contributed by atoms with E-state index >= 15 is 0 Å². The predicted molar refractivity (Wildman–Crippen MR) is 96.4 cm³/mol. The number of benzene rings is 2. The molecule has 0 amide bonds. The molecule has 0 bridgehead atoms. The molecule has 1 aliphatic carbocycles. The van der Waals surface area contributed by atoms with Crippen molar-refractivity contribution in [3.05, 3.63) is 45.4 Å². The quantitative estimate of drug-likeness (QED) is 0.701. The summed E-state index contributed by atoms with van der Waals surface area (Å²) in [7, 11) is 0. The average molecular weight is 368 g/mol. The Hall–Kier alpha value is -1.62. The molecule has 3 N–H and O–H groups in total. The topological polar surface area (TPSA) is 64.7 Å². The first kappa shape index (κ1) is 17.2. The number of aromatic hydroxyl groups is 1. The van der Waals surface area contributed by atoms with Crippen LogP contribution in [0.15, 0.2) is 24.3 Å². The summed E-state index contributed by atoms with van der Waals surface area (Å²) in [4.78, 5) is 0. The molecule has 6 heteroatoms. The van der Waals surface area contributed by atoms with Crippen molar-refractivity contribution in [2.75, 3.05) is 12.3 Å². The molecule has 24 heavy (non-hydrogen) atoms. The molecule has 1 aliphatic rings. The lowest BCUT2D eigenvalue weighted by molar-refractivity contribution is 0.0479. The second-order valence-corrected chi connectivity index (χ2v) is 6.54. The average Bonchev–Trinajstić information content (AvgIpc) is 2.53. The monoisotopic (exact) mass is 367 g/mol. The highest BCUT2D eigenvalue weighted by molar-refractivity contribution is 6.37. The van der Waals surface area contributed by atoms with Gasteiger partial charge in [-0.25, -0.2) is 0 Å². The first-order chi connectivity index (χ1) is 11.5. The number of nitrogen functional groups attached to an aromatic ring is 1. The number of ether oxygens (including phenoxy) is 2. The van der Waals surface area contributed by atoms with Crippen molar-refractivity contribution in [2.45, 2.75) is 32.3 Å². The van der Waals surface area contributed by atoms with Crippen LogP contribution in [0.1, 0.15) is 37.0 Å². The van der Waals surface area contributed by atoms with Crippen LogP contribution in [0.2, 0.25) is 10.0 Å². The SMILES string of the molecule is CCO[C@H]1CCCc2c(Oc3c(Cl)cc(N)cc3Cl)ccc(O)c21. The zero-order valence-electron chi connectivity index (χ0n) is 13.3. The van der Waals surface area contributed by atoms with Gasteiger partial charge in [0.1, 0.15) is 11.5 Å². The van der Waals surface area contributed by atoms with Gasteiger partial charge in [0.2, 0.25) is 0 Å². The Bertz CT molecular complexity index is 741. The van der Waals surface area contributed by atoms with Gasteiger partial charge in [-0.1, -0.05) is 23.2 Å². The third kappa shape index (κ3) is 3.27. The van der Waals surface area contributed by atoms with Crippen LogP contribution in [0.4, 0.5) is 5.69 Å². The van der Waals surface area contributed by atoms with Crippen LogP contribution in [0, 0.1) is 0 Å². The summed E-state index contributed by atoms with van der Waals surface area (Å²) < 4.78 is 11.8. The van der Waals surface area contributed by atoms with E-state index in [0.29, 0.717) is 33.8 Å². The lowest BCUT2D eigenvalue weighted by Gasteiger charge is -2.28. The summed E-state index contributed by atoms with van der Waals surface area (Å²) in [6, 6.07) is 6.54. The van der Waals surface area contributed by atoms with E-state index in [1.54, 1.807) is 24.3 Å². The predicted octanol–water partition coefficient (Wildman–Crippen LogP) is 5.49. The van der Waals surface area contributed by atoms with E-state index in [1.807, 2.05) is 6.92 Å². The van der Waals surface area contributed by atoms with Gasteiger partial charge in [0.25, 0.3) is 0 Å². The summed E-state index contributed by atoms with van der Waals surface area (Å²) in [5.74, 6) is 1.21. The van der Waals surface area contributed by atoms with Gasteiger partial charge in [0, 0.05) is 23.4 Å². The molecule has 0 saturated heterocycles. The van der Waals surface area contributed by atoms with Gasteiger partial charge in [-0.2, -0.15) is 0 Å². The van der Waals surface area contributed by atoms with Gasteiger partial charge < -0.3 is 20.3 Å². The van der Waals surface area contributed by atoms with E-state index in [9.17, 15) is 5.11 Å². The Morgan fingerprint density at radius 1 is 1.25 bits per heavy atom. The number of phenols is 1. The Balaban J connectivity index is 2.03. The fourth-order valence-corrected chi connectivity index (χ4v) is 3.69. The smallest absolute Gasteiger partial charge is 0.164 e. The number of fused-ring (bicyclic) bond motifs is 1. The molecule has 0 aromatic heterocycles. The molecule has 2 aromatic carbocycles. The van der Waals surface area contributed by atoms with Gasteiger partial charge in [-0.05, 0) is 50.5 Å². The number of phenolic OH excluding ortho intramolecular Hbond substituents is 1.